The molecule has 0 aromatic heterocycles. The molecule has 4 aliphatic rings. The van der Waals surface area contributed by atoms with Crippen LogP contribution in [0, 0.1) is 23.7 Å². The van der Waals surface area contributed by atoms with Crippen molar-refractivity contribution < 1.29 is 18.9 Å². The van der Waals surface area contributed by atoms with Gasteiger partial charge in [0.2, 0.25) is 0 Å². The van der Waals surface area contributed by atoms with Gasteiger partial charge in [-0.25, -0.2) is 0 Å². The monoisotopic (exact) mass is 450 g/mol. The van der Waals surface area contributed by atoms with E-state index in [4.69, 9.17) is 18.9 Å². The van der Waals surface area contributed by atoms with E-state index in [1.54, 1.807) is 0 Å². The van der Waals surface area contributed by atoms with Crippen molar-refractivity contribution in [1.82, 2.24) is 0 Å². The number of hydrogen-bond acceptors (Lipinski definition) is 4. The van der Waals surface area contributed by atoms with E-state index in [9.17, 15) is 0 Å². The standard InChI is InChI=1S/C29H38O4/c1-3-9-22(10-4-1)18-30-20-26-24-14-15-25(28(17-24)33-29-13-7-8-16-32-29)27(26)21-31-19-23-11-5-2-6-12-23/h1-6,9-12,24-29H,7-8,13-21H2/t24-,25-,26+,27-,28-,29?/m1/s1. The Labute approximate surface area is 198 Å². The molecule has 1 heterocycles. The predicted molar refractivity (Wildman–Crippen MR) is 128 cm³/mol. The Morgan fingerprint density at radius 2 is 1.39 bits per heavy atom. The predicted octanol–water partition coefficient (Wildman–Crippen LogP) is 5.99. The van der Waals surface area contributed by atoms with Crippen LogP contribution in [-0.2, 0) is 32.2 Å². The number of rotatable bonds is 10. The second kappa shape index (κ2) is 11.6. The highest BCUT2D eigenvalue weighted by Gasteiger charge is 2.49. The molecule has 1 aliphatic heterocycles. The maximum Gasteiger partial charge on any atom is 0.157 e. The Balaban J connectivity index is 1.22. The molecule has 0 spiro atoms. The van der Waals surface area contributed by atoms with Crippen molar-refractivity contribution >= 4 is 0 Å². The van der Waals surface area contributed by atoms with E-state index in [2.05, 4.69) is 60.7 Å². The highest BCUT2D eigenvalue weighted by atomic mass is 16.7. The molecule has 3 aliphatic carbocycles. The smallest absolute Gasteiger partial charge is 0.157 e. The summed E-state index contributed by atoms with van der Waals surface area (Å²) in [5.74, 6) is 2.19. The van der Waals surface area contributed by atoms with Crippen LogP contribution in [0.1, 0.15) is 49.7 Å². The van der Waals surface area contributed by atoms with Crippen molar-refractivity contribution in [2.75, 3.05) is 19.8 Å². The average Bonchev–Trinajstić information content (AvgIpc) is 2.87. The molecule has 0 N–H and O–H groups in total. The summed E-state index contributed by atoms with van der Waals surface area (Å²) < 4.78 is 25.1. The first-order chi connectivity index (χ1) is 16.4. The van der Waals surface area contributed by atoms with E-state index in [0.717, 1.165) is 39.1 Å². The Kier molecular flexibility index (Phi) is 8.11. The number of benzene rings is 2. The van der Waals surface area contributed by atoms with Crippen molar-refractivity contribution in [2.24, 2.45) is 23.7 Å². The van der Waals surface area contributed by atoms with Crippen molar-refractivity contribution in [1.29, 1.82) is 0 Å². The third-order valence-corrected chi connectivity index (χ3v) is 7.90. The zero-order chi connectivity index (χ0) is 22.3. The van der Waals surface area contributed by atoms with Crippen LogP contribution in [0.15, 0.2) is 60.7 Å². The van der Waals surface area contributed by atoms with Gasteiger partial charge in [-0.1, -0.05) is 60.7 Å². The van der Waals surface area contributed by atoms with E-state index in [-0.39, 0.29) is 6.29 Å². The first kappa shape index (κ1) is 23.0. The molecule has 178 valence electrons. The summed E-state index contributed by atoms with van der Waals surface area (Å²) in [6.45, 7) is 3.78. The molecule has 2 aromatic carbocycles. The van der Waals surface area contributed by atoms with Crippen LogP contribution in [0.4, 0.5) is 0 Å². The Morgan fingerprint density at radius 3 is 2.03 bits per heavy atom. The van der Waals surface area contributed by atoms with Crippen LogP contribution in [0.3, 0.4) is 0 Å². The normalized spacial score (nSPS) is 31.5. The lowest BCUT2D eigenvalue weighted by Crippen LogP contribution is -2.52. The summed E-state index contributed by atoms with van der Waals surface area (Å²) in [5, 5.41) is 0. The van der Waals surface area contributed by atoms with Crippen molar-refractivity contribution in [3.63, 3.8) is 0 Å². The van der Waals surface area contributed by atoms with Gasteiger partial charge in [0.25, 0.3) is 0 Å². The average molecular weight is 451 g/mol. The van der Waals surface area contributed by atoms with Gasteiger partial charge in [-0.15, -0.1) is 0 Å². The van der Waals surface area contributed by atoms with E-state index in [1.165, 1.54) is 30.4 Å². The van der Waals surface area contributed by atoms with Crippen molar-refractivity contribution in [3.8, 4) is 0 Å². The van der Waals surface area contributed by atoms with E-state index in [1.807, 2.05) is 0 Å². The quantitative estimate of drug-likeness (QED) is 0.445. The Bertz CT molecular complexity index is 820. The van der Waals surface area contributed by atoms with Crippen LogP contribution in [0.2, 0.25) is 0 Å². The first-order valence-electron chi connectivity index (χ1n) is 12.9. The van der Waals surface area contributed by atoms with Crippen LogP contribution in [0.25, 0.3) is 0 Å². The molecule has 2 bridgehead atoms. The van der Waals surface area contributed by atoms with Crippen molar-refractivity contribution in [2.45, 2.75) is 64.1 Å². The lowest BCUT2D eigenvalue weighted by Gasteiger charge is -2.52. The molecule has 6 atom stereocenters. The SMILES string of the molecule is c1ccc(COC[C@@H]2[C@H]3CC[C@H](C[C@H]3OC3CCCCO3)[C@@H]2COCc2ccccc2)cc1. The highest BCUT2D eigenvalue weighted by molar-refractivity contribution is 5.14. The molecule has 6 rings (SSSR count). The van der Waals surface area contributed by atoms with E-state index >= 15 is 0 Å². The van der Waals surface area contributed by atoms with Crippen LogP contribution in [0.5, 0.6) is 0 Å². The van der Waals surface area contributed by atoms with Gasteiger partial charge in [0.15, 0.2) is 6.29 Å². The first-order valence-corrected chi connectivity index (χ1v) is 12.9. The largest absolute Gasteiger partial charge is 0.376 e. The third kappa shape index (κ3) is 6.05. The number of ether oxygens (including phenoxy) is 4. The minimum absolute atomic E-state index is 0.0123. The summed E-state index contributed by atoms with van der Waals surface area (Å²) in [5.41, 5.74) is 2.48. The van der Waals surface area contributed by atoms with Crippen LogP contribution < -0.4 is 0 Å². The molecular formula is C29H38O4. The molecule has 4 nitrogen and oxygen atoms in total. The van der Waals surface area contributed by atoms with Gasteiger partial charge in [0, 0.05) is 6.61 Å². The lowest BCUT2D eigenvalue weighted by atomic mass is 9.57. The molecule has 1 saturated heterocycles. The summed E-state index contributed by atoms with van der Waals surface area (Å²) >= 11 is 0. The number of hydrogen-bond donors (Lipinski definition) is 0. The van der Waals surface area contributed by atoms with E-state index in [0.29, 0.717) is 43.0 Å². The lowest BCUT2D eigenvalue weighted by molar-refractivity contribution is -0.233. The molecule has 1 unspecified atom stereocenters. The summed E-state index contributed by atoms with van der Waals surface area (Å²) in [6.07, 6.45) is 7.34. The molecule has 2 aromatic rings. The molecule has 0 amide bonds. The fourth-order valence-corrected chi connectivity index (χ4v) is 6.18. The molecule has 33 heavy (non-hydrogen) atoms. The Morgan fingerprint density at radius 1 is 0.727 bits per heavy atom. The molecular weight excluding hydrogens is 412 g/mol. The van der Waals surface area contributed by atoms with Gasteiger partial charge in [0.1, 0.15) is 0 Å². The maximum absolute atomic E-state index is 6.56. The Hall–Kier alpha value is -1.72. The van der Waals surface area contributed by atoms with Crippen LogP contribution in [-0.4, -0.2) is 32.2 Å². The van der Waals surface area contributed by atoms with Gasteiger partial charge in [-0.3, -0.25) is 0 Å². The number of fused-ring (bicyclic) bond motifs is 3. The van der Waals surface area contributed by atoms with Gasteiger partial charge in [-0.2, -0.15) is 0 Å². The van der Waals surface area contributed by atoms with Crippen molar-refractivity contribution in [3.05, 3.63) is 71.8 Å². The minimum Gasteiger partial charge on any atom is -0.376 e. The summed E-state index contributed by atoms with van der Waals surface area (Å²) in [6, 6.07) is 21.0. The van der Waals surface area contributed by atoms with Gasteiger partial charge >= 0.3 is 0 Å². The van der Waals surface area contributed by atoms with Crippen LogP contribution >= 0.6 is 0 Å². The maximum atomic E-state index is 6.56. The summed E-state index contributed by atoms with van der Waals surface area (Å²) in [4.78, 5) is 0. The zero-order valence-electron chi connectivity index (χ0n) is 19.6. The fraction of sp³-hybridized carbons (Fsp3) is 0.586. The fourth-order valence-electron chi connectivity index (χ4n) is 6.18. The highest BCUT2D eigenvalue weighted by Crippen LogP contribution is 2.50. The molecule has 0 radical (unpaired) electrons. The second-order valence-corrected chi connectivity index (χ2v) is 10.0. The molecule has 4 heteroatoms. The van der Waals surface area contributed by atoms with Gasteiger partial charge in [0.05, 0.1) is 32.5 Å². The topological polar surface area (TPSA) is 36.9 Å². The second-order valence-electron chi connectivity index (χ2n) is 10.0. The zero-order valence-corrected chi connectivity index (χ0v) is 19.6. The minimum atomic E-state index is -0.0123. The van der Waals surface area contributed by atoms with Gasteiger partial charge in [-0.05, 0) is 73.3 Å². The molecule has 4 fully saturated rings. The molecule has 3 saturated carbocycles. The summed E-state index contributed by atoms with van der Waals surface area (Å²) in [7, 11) is 0. The third-order valence-electron chi connectivity index (χ3n) is 7.90. The van der Waals surface area contributed by atoms with Gasteiger partial charge < -0.3 is 18.9 Å². The van der Waals surface area contributed by atoms with E-state index < -0.39 is 0 Å².